The van der Waals surface area contributed by atoms with Gasteiger partial charge in [-0.2, -0.15) is 0 Å². The Labute approximate surface area is 119 Å². The van der Waals surface area contributed by atoms with Gasteiger partial charge in [0.05, 0.1) is 17.7 Å². The number of hydrogen-bond donors (Lipinski definition) is 4. The van der Waals surface area contributed by atoms with E-state index in [9.17, 15) is 10.2 Å². The zero-order chi connectivity index (χ0) is 14.0. The summed E-state index contributed by atoms with van der Waals surface area (Å²) in [6.45, 7) is -0.369. The third-order valence-electron chi connectivity index (χ3n) is 2.87. The minimum Gasteiger partial charge on any atom is -0.394 e. The number of halogens is 1. The van der Waals surface area contributed by atoms with Gasteiger partial charge in [-0.25, -0.2) is 0 Å². The molecule has 1 fully saturated rings. The van der Waals surface area contributed by atoms with Crippen LogP contribution in [0.2, 0.25) is 5.02 Å². The zero-order valence-corrected chi connectivity index (χ0v) is 11.5. The molecule has 0 spiro atoms. The molecule has 6 nitrogen and oxygen atoms in total. The van der Waals surface area contributed by atoms with Gasteiger partial charge in [-0.1, -0.05) is 23.4 Å². The van der Waals surface area contributed by atoms with E-state index in [-0.39, 0.29) is 6.61 Å². The van der Waals surface area contributed by atoms with Gasteiger partial charge < -0.3 is 25.8 Å². The Kier molecular flexibility index (Phi) is 5.02. The second-order valence-corrected chi connectivity index (χ2v) is 5.85. The van der Waals surface area contributed by atoms with Crippen LogP contribution in [0.3, 0.4) is 0 Å². The molecule has 0 aromatic carbocycles. The summed E-state index contributed by atoms with van der Waals surface area (Å²) in [5, 5.41) is 29.3. The van der Waals surface area contributed by atoms with E-state index in [4.69, 9.17) is 27.2 Å². The summed E-state index contributed by atoms with van der Waals surface area (Å²) in [5.74, 6) is 0. The van der Waals surface area contributed by atoms with Crippen LogP contribution in [0.15, 0.2) is 23.4 Å². The van der Waals surface area contributed by atoms with Crippen molar-refractivity contribution in [2.75, 3.05) is 6.61 Å². The monoisotopic (exact) mass is 306 g/mol. The number of aliphatic hydroxyl groups excluding tert-OH is 3. The molecule has 106 valence electrons. The van der Waals surface area contributed by atoms with Crippen LogP contribution in [-0.4, -0.2) is 56.7 Å². The van der Waals surface area contributed by atoms with E-state index in [0.717, 1.165) is 0 Å². The molecule has 0 saturated carbocycles. The van der Waals surface area contributed by atoms with Crippen LogP contribution in [0.25, 0.3) is 0 Å². The number of thioether (sulfide) groups is 1. The van der Waals surface area contributed by atoms with Gasteiger partial charge in [-0.3, -0.25) is 4.98 Å². The number of nitrogens with zero attached hydrogens (tertiary/aromatic N) is 1. The maximum atomic E-state index is 9.99. The van der Waals surface area contributed by atoms with Crippen molar-refractivity contribution in [2.45, 2.75) is 34.7 Å². The van der Waals surface area contributed by atoms with Crippen molar-refractivity contribution < 1.29 is 20.1 Å². The fourth-order valence-electron chi connectivity index (χ4n) is 1.80. The molecule has 1 aliphatic heterocycles. The summed E-state index contributed by atoms with van der Waals surface area (Å²) in [7, 11) is 0. The van der Waals surface area contributed by atoms with Gasteiger partial charge in [0.2, 0.25) is 0 Å². The first-order valence-corrected chi connectivity index (χ1v) is 6.94. The molecular weight excluding hydrogens is 292 g/mol. The van der Waals surface area contributed by atoms with E-state index < -0.39 is 29.8 Å². The predicted octanol–water partition coefficient (Wildman–Crippen LogP) is -0.407. The highest BCUT2D eigenvalue weighted by molar-refractivity contribution is 7.99. The molecule has 2 rings (SSSR count). The summed E-state index contributed by atoms with van der Waals surface area (Å²) in [6.07, 6.45) is 0.103. The summed E-state index contributed by atoms with van der Waals surface area (Å²) in [5.41, 5.74) is 5.02. The maximum absolute atomic E-state index is 9.99. The number of ether oxygens (including phenoxy) is 1. The number of aliphatic hydroxyl groups is 3. The summed E-state index contributed by atoms with van der Waals surface area (Å²) in [4.78, 5) is 4.63. The van der Waals surface area contributed by atoms with Crippen molar-refractivity contribution in [2.24, 2.45) is 5.73 Å². The lowest BCUT2D eigenvalue weighted by Gasteiger charge is -2.40. The van der Waals surface area contributed by atoms with Crippen LogP contribution in [-0.2, 0) is 4.74 Å². The van der Waals surface area contributed by atoms with Crippen molar-refractivity contribution in [3.05, 3.63) is 23.5 Å². The van der Waals surface area contributed by atoms with Gasteiger partial charge >= 0.3 is 0 Å². The number of nitrogens with two attached hydrogens (primary N) is 1. The van der Waals surface area contributed by atoms with Crippen LogP contribution in [0.5, 0.6) is 0 Å². The molecular formula is C11H15ClN2O4S. The quantitative estimate of drug-likeness (QED) is 0.601. The molecule has 5 atom stereocenters. The first kappa shape index (κ1) is 15.0. The Balaban J connectivity index is 2.10. The molecule has 1 aliphatic rings. The molecule has 1 saturated heterocycles. The van der Waals surface area contributed by atoms with Crippen LogP contribution in [0.1, 0.15) is 0 Å². The molecule has 5 N–H and O–H groups in total. The number of pyridine rings is 1. The molecule has 0 bridgehead atoms. The minimum atomic E-state index is -1.10. The molecule has 0 unspecified atom stereocenters. The molecule has 19 heavy (non-hydrogen) atoms. The minimum absolute atomic E-state index is 0.369. The topological polar surface area (TPSA) is 109 Å². The normalized spacial score (nSPS) is 35.3. The van der Waals surface area contributed by atoms with Crippen LogP contribution in [0.4, 0.5) is 0 Å². The van der Waals surface area contributed by atoms with Crippen molar-refractivity contribution in [1.29, 1.82) is 0 Å². The fourth-order valence-corrected chi connectivity index (χ4v) is 3.15. The van der Waals surface area contributed by atoms with E-state index in [1.54, 1.807) is 12.3 Å². The maximum Gasteiger partial charge on any atom is 0.135 e. The summed E-state index contributed by atoms with van der Waals surface area (Å²) >= 11 is 7.01. The van der Waals surface area contributed by atoms with Crippen LogP contribution < -0.4 is 5.73 Å². The average Bonchev–Trinajstić information content (AvgIpc) is 2.39. The predicted molar refractivity (Wildman–Crippen MR) is 70.8 cm³/mol. The van der Waals surface area contributed by atoms with Gasteiger partial charge in [0, 0.05) is 17.3 Å². The van der Waals surface area contributed by atoms with E-state index in [1.807, 2.05) is 0 Å². The summed E-state index contributed by atoms with van der Waals surface area (Å²) in [6, 6.07) is 0.801. The summed E-state index contributed by atoms with van der Waals surface area (Å²) < 4.78 is 5.44. The lowest BCUT2D eigenvalue weighted by Crippen LogP contribution is -2.61. The molecule has 0 amide bonds. The molecule has 1 aromatic rings. The molecule has 0 aliphatic carbocycles. The van der Waals surface area contributed by atoms with Crippen molar-refractivity contribution >= 4 is 23.4 Å². The molecule has 2 heterocycles. The average molecular weight is 307 g/mol. The van der Waals surface area contributed by atoms with Crippen LogP contribution >= 0.6 is 23.4 Å². The number of rotatable bonds is 3. The Morgan fingerprint density at radius 3 is 2.74 bits per heavy atom. The Morgan fingerprint density at radius 2 is 2.11 bits per heavy atom. The first-order valence-electron chi connectivity index (χ1n) is 5.68. The smallest absolute Gasteiger partial charge is 0.135 e. The van der Waals surface area contributed by atoms with Gasteiger partial charge in [-0.15, -0.1) is 0 Å². The third-order valence-corrected chi connectivity index (χ3v) is 4.19. The van der Waals surface area contributed by atoms with Crippen molar-refractivity contribution in [1.82, 2.24) is 4.98 Å². The zero-order valence-electron chi connectivity index (χ0n) is 9.89. The van der Waals surface area contributed by atoms with Gasteiger partial charge in [-0.05, 0) is 6.07 Å². The molecule has 1 aromatic heterocycles. The third kappa shape index (κ3) is 3.38. The highest BCUT2D eigenvalue weighted by Gasteiger charge is 2.42. The Morgan fingerprint density at radius 1 is 1.37 bits per heavy atom. The lowest BCUT2D eigenvalue weighted by molar-refractivity contribution is -0.160. The van der Waals surface area contributed by atoms with E-state index in [0.29, 0.717) is 9.92 Å². The highest BCUT2D eigenvalue weighted by Crippen LogP contribution is 2.33. The lowest BCUT2D eigenvalue weighted by atomic mass is 9.98. The molecule has 0 radical (unpaired) electrons. The fraction of sp³-hybridized carbons (Fsp3) is 0.545. The van der Waals surface area contributed by atoms with Crippen LogP contribution in [0, 0.1) is 0 Å². The van der Waals surface area contributed by atoms with E-state index >= 15 is 0 Å². The first-order chi connectivity index (χ1) is 9.02. The SMILES string of the molecule is N[C@@H]1[C@@H](O)[C@@H](Sc2cncc(Cl)c2)O[C@H](CO)[C@@H]1O. The van der Waals surface area contributed by atoms with E-state index in [2.05, 4.69) is 4.98 Å². The number of aromatic nitrogens is 1. The van der Waals surface area contributed by atoms with Gasteiger partial charge in [0.15, 0.2) is 0 Å². The van der Waals surface area contributed by atoms with E-state index in [1.165, 1.54) is 18.0 Å². The van der Waals surface area contributed by atoms with Gasteiger partial charge in [0.25, 0.3) is 0 Å². The Bertz CT molecular complexity index is 437. The molecule has 8 heteroatoms. The highest BCUT2D eigenvalue weighted by atomic mass is 35.5. The standard InChI is InChI=1S/C11H15ClN2O4S/c12-5-1-6(3-14-2-5)19-11-10(17)8(13)9(16)7(4-15)18-11/h1-3,7-11,15-17H,4,13H2/t7-,8+,9+,10-,11-/m1/s1. The largest absolute Gasteiger partial charge is 0.394 e. The Hall–Kier alpha value is -0.410. The number of hydrogen-bond acceptors (Lipinski definition) is 7. The second-order valence-electron chi connectivity index (χ2n) is 4.24. The van der Waals surface area contributed by atoms with Crippen molar-refractivity contribution in [3.8, 4) is 0 Å². The second kappa shape index (κ2) is 6.36. The van der Waals surface area contributed by atoms with Gasteiger partial charge in [0.1, 0.15) is 23.7 Å². The van der Waals surface area contributed by atoms with Crippen molar-refractivity contribution in [3.63, 3.8) is 0 Å².